The van der Waals surface area contributed by atoms with Crippen LogP contribution in [0.3, 0.4) is 0 Å². The highest BCUT2D eigenvalue weighted by Crippen LogP contribution is 2.38. The van der Waals surface area contributed by atoms with Crippen molar-refractivity contribution in [1.82, 2.24) is 4.98 Å². The van der Waals surface area contributed by atoms with Crippen LogP contribution in [0.1, 0.15) is 6.92 Å². The average Bonchev–Trinajstić information content (AvgIpc) is 2.55. The summed E-state index contributed by atoms with van der Waals surface area (Å²) in [5.41, 5.74) is 3.15. The number of aromatic hydroxyl groups is 1. The minimum atomic E-state index is -1.21. The second-order valence-electron chi connectivity index (χ2n) is 4.46. The Bertz CT molecular complexity index is 806. The molecule has 0 aliphatic carbocycles. The van der Waals surface area contributed by atoms with Gasteiger partial charge >= 0.3 is 11.4 Å². The number of hydrogen-bond donors (Lipinski definition) is 2. The topological polar surface area (TPSA) is 198 Å². The number of rotatable bonds is 5. The third-order valence-corrected chi connectivity index (χ3v) is 2.71. The van der Waals surface area contributed by atoms with Gasteiger partial charge in [0.1, 0.15) is 0 Å². The largest absolute Gasteiger partial charge is 0.497 e. The first-order valence-electron chi connectivity index (χ1n) is 6.81. The lowest BCUT2D eigenvalue weighted by Gasteiger charge is -2.00. The Kier molecular flexibility index (Phi) is 6.71. The molecule has 0 bridgehead atoms. The molecule has 0 aliphatic rings. The molecule has 1 aromatic heterocycles. The summed E-state index contributed by atoms with van der Waals surface area (Å²) in [6.07, 6.45) is 1.63. The molecule has 1 heterocycles. The summed E-state index contributed by atoms with van der Waals surface area (Å²) >= 11 is 0. The number of nitro groups is 3. The monoisotopic (exact) mass is 367 g/mol. The summed E-state index contributed by atoms with van der Waals surface area (Å²) in [7, 11) is 0. The number of nitrogens with two attached hydrogens (primary N) is 1. The van der Waals surface area contributed by atoms with Crippen LogP contribution in [0, 0.1) is 30.3 Å². The van der Waals surface area contributed by atoms with Crippen LogP contribution in [0.5, 0.6) is 11.6 Å². The van der Waals surface area contributed by atoms with Crippen LogP contribution in [0.2, 0.25) is 0 Å². The van der Waals surface area contributed by atoms with Gasteiger partial charge in [0.15, 0.2) is 0 Å². The summed E-state index contributed by atoms with van der Waals surface area (Å²) in [4.78, 5) is 31.7. The van der Waals surface area contributed by atoms with Crippen molar-refractivity contribution in [2.75, 3.05) is 12.3 Å². The van der Waals surface area contributed by atoms with E-state index in [-0.39, 0.29) is 0 Å². The van der Waals surface area contributed by atoms with Crippen LogP contribution in [0.25, 0.3) is 0 Å². The molecular formula is C13H13N5O8. The highest BCUT2D eigenvalue weighted by Gasteiger charge is 2.30. The van der Waals surface area contributed by atoms with Crippen LogP contribution in [-0.4, -0.2) is 31.5 Å². The number of phenols is 1. The molecule has 0 fully saturated rings. The molecule has 0 atom stereocenters. The van der Waals surface area contributed by atoms with Gasteiger partial charge in [0.05, 0.1) is 33.5 Å². The van der Waals surface area contributed by atoms with Crippen molar-refractivity contribution in [3.63, 3.8) is 0 Å². The Morgan fingerprint density at radius 1 is 1.08 bits per heavy atom. The van der Waals surface area contributed by atoms with E-state index < -0.39 is 37.6 Å². The van der Waals surface area contributed by atoms with Gasteiger partial charge in [-0.15, -0.1) is 0 Å². The number of anilines is 1. The zero-order valence-corrected chi connectivity index (χ0v) is 13.3. The first-order chi connectivity index (χ1) is 12.2. The summed E-state index contributed by atoms with van der Waals surface area (Å²) in [6, 6.07) is 4.32. The van der Waals surface area contributed by atoms with Crippen LogP contribution < -0.4 is 10.5 Å². The maximum atomic E-state index is 10.4. The predicted molar refractivity (Wildman–Crippen MR) is 87.9 cm³/mol. The number of nitro benzene ring substituents is 3. The van der Waals surface area contributed by atoms with Crippen LogP contribution in [0.4, 0.5) is 22.7 Å². The van der Waals surface area contributed by atoms with E-state index >= 15 is 0 Å². The molecule has 3 N–H and O–H groups in total. The molecular weight excluding hydrogens is 354 g/mol. The lowest BCUT2D eigenvalue weighted by atomic mass is 10.2. The van der Waals surface area contributed by atoms with Crippen molar-refractivity contribution in [2.24, 2.45) is 0 Å². The molecule has 26 heavy (non-hydrogen) atoms. The number of nitrogen functional groups attached to an aromatic ring is 1. The maximum Gasteiger partial charge on any atom is 0.324 e. The van der Waals surface area contributed by atoms with E-state index in [4.69, 9.17) is 15.6 Å². The highest BCUT2D eigenvalue weighted by atomic mass is 16.6. The van der Waals surface area contributed by atoms with E-state index in [1.165, 1.54) is 0 Å². The standard InChI is InChI=1S/C7H10N2O.C6H3N3O7/c1-2-10-7-5-6(8)3-4-9-7;10-6-4(8(13)14)1-3(7(11)12)2-5(6)9(15)16/h3-5H,2H2,1H3,(H2,8,9);1-2,10H. The smallest absolute Gasteiger partial charge is 0.324 e. The van der Waals surface area contributed by atoms with Gasteiger partial charge in [-0.2, -0.15) is 0 Å². The van der Waals surface area contributed by atoms with Gasteiger partial charge < -0.3 is 15.6 Å². The fraction of sp³-hybridized carbons (Fsp3) is 0.154. The SMILES string of the molecule is CCOc1cc(N)ccn1.O=[N+]([O-])c1cc([N+](=O)[O-])c(O)c([N+](=O)[O-])c1. The minimum absolute atomic E-state index is 0.447. The molecule has 0 saturated heterocycles. The molecule has 13 heteroatoms. The van der Waals surface area contributed by atoms with Gasteiger partial charge in [0, 0.05) is 18.0 Å². The Labute approximate surface area is 145 Å². The third-order valence-electron chi connectivity index (χ3n) is 2.71. The van der Waals surface area contributed by atoms with Gasteiger partial charge in [-0.1, -0.05) is 0 Å². The average molecular weight is 367 g/mol. The number of aromatic nitrogens is 1. The number of nitrogens with zero attached hydrogens (tertiary/aromatic N) is 4. The van der Waals surface area contributed by atoms with E-state index in [0.717, 1.165) is 0 Å². The summed E-state index contributed by atoms with van der Waals surface area (Å²) in [5.74, 6) is -0.622. The Morgan fingerprint density at radius 3 is 2.00 bits per heavy atom. The summed E-state index contributed by atoms with van der Waals surface area (Å²) in [5, 5.41) is 40.2. The number of hydrogen-bond acceptors (Lipinski definition) is 10. The van der Waals surface area contributed by atoms with Crippen LogP contribution in [0.15, 0.2) is 30.5 Å². The van der Waals surface area contributed by atoms with Gasteiger partial charge in [-0.3, -0.25) is 30.3 Å². The van der Waals surface area contributed by atoms with Gasteiger partial charge in [-0.05, 0) is 13.0 Å². The van der Waals surface area contributed by atoms with E-state index in [0.29, 0.717) is 30.3 Å². The molecule has 0 unspecified atom stereocenters. The quantitative estimate of drug-likeness (QED) is 0.583. The fourth-order valence-corrected chi connectivity index (χ4v) is 1.63. The molecule has 13 nitrogen and oxygen atoms in total. The summed E-state index contributed by atoms with van der Waals surface area (Å²) in [6.45, 7) is 2.53. The normalized spacial score (nSPS) is 9.58. The molecule has 138 valence electrons. The first-order valence-corrected chi connectivity index (χ1v) is 6.81. The van der Waals surface area contributed by atoms with Crippen LogP contribution in [-0.2, 0) is 0 Å². The molecule has 0 saturated carbocycles. The Balaban J connectivity index is 0.000000289. The van der Waals surface area contributed by atoms with E-state index in [2.05, 4.69) is 4.98 Å². The Hall–Kier alpha value is -4.03. The molecule has 0 amide bonds. The van der Waals surface area contributed by atoms with Crippen molar-refractivity contribution in [3.05, 3.63) is 60.8 Å². The molecule has 1 aromatic carbocycles. The fourth-order valence-electron chi connectivity index (χ4n) is 1.63. The molecule has 2 rings (SSSR count). The number of non-ortho nitro benzene ring substituents is 1. The highest BCUT2D eigenvalue weighted by molar-refractivity contribution is 5.64. The summed E-state index contributed by atoms with van der Waals surface area (Å²) < 4.78 is 5.10. The zero-order valence-electron chi connectivity index (χ0n) is 13.3. The van der Waals surface area contributed by atoms with E-state index in [1.54, 1.807) is 18.3 Å². The van der Waals surface area contributed by atoms with Crippen molar-refractivity contribution >= 4 is 22.7 Å². The molecule has 0 radical (unpaired) electrons. The minimum Gasteiger partial charge on any atom is -0.497 e. The van der Waals surface area contributed by atoms with E-state index in [9.17, 15) is 30.3 Å². The van der Waals surface area contributed by atoms with Gasteiger partial charge in [0.25, 0.3) is 11.4 Å². The maximum absolute atomic E-state index is 10.4. The molecule has 0 spiro atoms. The first kappa shape index (κ1) is 20.0. The number of pyridine rings is 1. The van der Waals surface area contributed by atoms with Crippen molar-refractivity contribution in [2.45, 2.75) is 6.92 Å². The number of benzene rings is 1. The number of phenolic OH excluding ortho intramolecular Hbond substituents is 1. The third kappa shape index (κ3) is 5.26. The van der Waals surface area contributed by atoms with Crippen molar-refractivity contribution in [1.29, 1.82) is 0 Å². The number of ether oxygens (including phenoxy) is 1. The predicted octanol–water partition coefficient (Wildman–Crippen LogP) is 2.18. The lowest BCUT2D eigenvalue weighted by molar-refractivity contribution is -0.404. The zero-order chi connectivity index (χ0) is 19.9. The second-order valence-corrected chi connectivity index (χ2v) is 4.46. The van der Waals surface area contributed by atoms with Gasteiger partial charge in [-0.25, -0.2) is 4.98 Å². The molecule has 2 aromatic rings. The van der Waals surface area contributed by atoms with Gasteiger partial charge in [0.2, 0.25) is 5.88 Å². The van der Waals surface area contributed by atoms with Crippen molar-refractivity contribution < 1.29 is 24.6 Å². The Morgan fingerprint density at radius 2 is 1.62 bits per heavy atom. The molecule has 0 aliphatic heterocycles. The lowest BCUT2D eigenvalue weighted by Crippen LogP contribution is -1.97. The van der Waals surface area contributed by atoms with E-state index in [1.807, 2.05) is 6.92 Å². The second kappa shape index (κ2) is 8.72. The van der Waals surface area contributed by atoms with Crippen LogP contribution >= 0.6 is 0 Å². The van der Waals surface area contributed by atoms with Crippen molar-refractivity contribution in [3.8, 4) is 11.6 Å².